The van der Waals surface area contributed by atoms with Gasteiger partial charge in [-0.05, 0) is 23.8 Å². The van der Waals surface area contributed by atoms with E-state index in [0.29, 0.717) is 0 Å². The van der Waals surface area contributed by atoms with Gasteiger partial charge in [-0.15, -0.1) is 5.11 Å². The van der Waals surface area contributed by atoms with Gasteiger partial charge in [0.2, 0.25) is 0 Å². The molecule has 9 heteroatoms. The molecule has 0 saturated heterocycles. The number of nitro groups is 2. The van der Waals surface area contributed by atoms with Crippen LogP contribution in [0.5, 0.6) is 0 Å². The van der Waals surface area contributed by atoms with Gasteiger partial charge < -0.3 is 0 Å². The summed E-state index contributed by atoms with van der Waals surface area (Å²) < 4.78 is 0. The van der Waals surface area contributed by atoms with Gasteiger partial charge in [-0.2, -0.15) is 5.11 Å². The summed E-state index contributed by atoms with van der Waals surface area (Å²) in [6.07, 6.45) is 3.19. The molecule has 0 amide bonds. The Morgan fingerprint density at radius 2 is 1.76 bits per heavy atom. The van der Waals surface area contributed by atoms with Gasteiger partial charge in [0.05, 0.1) is 22.5 Å². The van der Waals surface area contributed by atoms with Gasteiger partial charge in [-0.1, -0.05) is 0 Å². The first kappa shape index (κ1) is 14.2. The Balaban J connectivity index is 2.23. The Hall–Kier alpha value is -3.23. The molecule has 1 aromatic carbocycles. The molecule has 0 spiro atoms. The standard InChI is InChI=1S/C12H9N5O4/c18-16(19)10-1-2-11(12(7-10)17(20)21)15-14-8-9-3-5-13-6-4-9/h1-7H,8H2. The number of hydrogen-bond acceptors (Lipinski definition) is 7. The number of nitro benzene ring substituents is 2. The molecule has 0 unspecified atom stereocenters. The fourth-order valence-corrected chi connectivity index (χ4v) is 1.54. The van der Waals surface area contributed by atoms with Crippen molar-refractivity contribution in [3.8, 4) is 0 Å². The summed E-state index contributed by atoms with van der Waals surface area (Å²) in [5.41, 5.74) is -0.00423. The van der Waals surface area contributed by atoms with Crippen LogP contribution in [0.25, 0.3) is 0 Å². The van der Waals surface area contributed by atoms with Crippen LogP contribution in [-0.4, -0.2) is 14.8 Å². The number of aromatic nitrogens is 1. The first-order valence-corrected chi connectivity index (χ1v) is 5.77. The second-order valence-electron chi connectivity index (χ2n) is 3.94. The van der Waals surface area contributed by atoms with Crippen molar-refractivity contribution in [1.82, 2.24) is 4.98 Å². The van der Waals surface area contributed by atoms with Gasteiger partial charge in [0.15, 0.2) is 5.69 Å². The van der Waals surface area contributed by atoms with Crippen molar-refractivity contribution < 1.29 is 9.85 Å². The molecule has 9 nitrogen and oxygen atoms in total. The molecule has 1 heterocycles. The van der Waals surface area contributed by atoms with Gasteiger partial charge in [-0.25, -0.2) is 0 Å². The summed E-state index contributed by atoms with van der Waals surface area (Å²) in [6, 6.07) is 6.69. The van der Waals surface area contributed by atoms with Crippen molar-refractivity contribution in [2.75, 3.05) is 0 Å². The van der Waals surface area contributed by atoms with Crippen molar-refractivity contribution in [2.45, 2.75) is 6.54 Å². The molecule has 0 aliphatic heterocycles. The van der Waals surface area contributed by atoms with Crippen LogP contribution < -0.4 is 0 Å². The summed E-state index contributed by atoms with van der Waals surface area (Å²) in [5.74, 6) is 0. The topological polar surface area (TPSA) is 124 Å². The highest BCUT2D eigenvalue weighted by molar-refractivity contribution is 5.61. The molecular formula is C12H9N5O4. The number of benzene rings is 1. The van der Waals surface area contributed by atoms with E-state index in [9.17, 15) is 20.2 Å². The van der Waals surface area contributed by atoms with E-state index in [2.05, 4.69) is 15.2 Å². The quantitative estimate of drug-likeness (QED) is 0.474. The third-order valence-electron chi connectivity index (χ3n) is 2.55. The Kier molecular flexibility index (Phi) is 4.24. The molecule has 2 rings (SSSR count). The van der Waals surface area contributed by atoms with Gasteiger partial charge >= 0.3 is 5.69 Å². The van der Waals surface area contributed by atoms with Crippen LogP contribution in [0.15, 0.2) is 53.0 Å². The lowest BCUT2D eigenvalue weighted by atomic mass is 10.2. The second kappa shape index (κ2) is 6.28. The molecule has 106 valence electrons. The number of nitrogens with zero attached hydrogens (tertiary/aromatic N) is 5. The lowest BCUT2D eigenvalue weighted by molar-refractivity contribution is -0.393. The summed E-state index contributed by atoms with van der Waals surface area (Å²) in [5, 5.41) is 29.1. The van der Waals surface area contributed by atoms with Crippen molar-refractivity contribution in [1.29, 1.82) is 0 Å². The molecule has 0 saturated carbocycles. The van der Waals surface area contributed by atoms with E-state index in [1.807, 2.05) is 0 Å². The Morgan fingerprint density at radius 1 is 1.05 bits per heavy atom. The number of non-ortho nitro benzene ring substituents is 1. The third kappa shape index (κ3) is 3.62. The van der Waals surface area contributed by atoms with Gasteiger partial charge in [0, 0.05) is 18.5 Å². The third-order valence-corrected chi connectivity index (χ3v) is 2.55. The normalized spacial score (nSPS) is 10.7. The van der Waals surface area contributed by atoms with E-state index in [0.717, 1.165) is 17.7 Å². The minimum absolute atomic E-state index is 0.0281. The van der Waals surface area contributed by atoms with E-state index in [4.69, 9.17) is 0 Å². The van der Waals surface area contributed by atoms with Crippen molar-refractivity contribution in [3.63, 3.8) is 0 Å². The van der Waals surface area contributed by atoms with Crippen LogP contribution >= 0.6 is 0 Å². The predicted octanol–water partition coefficient (Wildman–Crippen LogP) is 3.18. The zero-order valence-electron chi connectivity index (χ0n) is 10.6. The summed E-state index contributed by atoms with van der Waals surface area (Å²) >= 11 is 0. The average Bonchev–Trinajstić information content (AvgIpc) is 2.48. The Morgan fingerprint density at radius 3 is 2.38 bits per heavy atom. The number of rotatable bonds is 5. The molecule has 1 aromatic heterocycles. The van der Waals surface area contributed by atoms with Crippen molar-refractivity contribution in [3.05, 3.63) is 68.5 Å². The van der Waals surface area contributed by atoms with E-state index < -0.39 is 15.5 Å². The minimum Gasteiger partial charge on any atom is -0.265 e. The number of pyridine rings is 1. The molecule has 0 bridgehead atoms. The minimum atomic E-state index is -0.728. The average molecular weight is 287 g/mol. The molecule has 0 aliphatic rings. The highest BCUT2D eigenvalue weighted by atomic mass is 16.6. The number of azo groups is 1. The maximum absolute atomic E-state index is 10.9. The molecular weight excluding hydrogens is 278 g/mol. The first-order chi connectivity index (χ1) is 10.1. The molecule has 0 N–H and O–H groups in total. The molecule has 2 aromatic rings. The molecule has 0 radical (unpaired) electrons. The largest absolute Gasteiger partial charge is 0.303 e. The van der Waals surface area contributed by atoms with Crippen LogP contribution in [0.4, 0.5) is 17.1 Å². The molecule has 0 atom stereocenters. The fourth-order valence-electron chi connectivity index (χ4n) is 1.54. The van der Waals surface area contributed by atoms with E-state index in [1.54, 1.807) is 24.5 Å². The zero-order chi connectivity index (χ0) is 15.2. The summed E-state index contributed by atoms with van der Waals surface area (Å²) in [6.45, 7) is 0.233. The van der Waals surface area contributed by atoms with E-state index >= 15 is 0 Å². The highest BCUT2D eigenvalue weighted by Crippen LogP contribution is 2.31. The van der Waals surface area contributed by atoms with Gasteiger partial charge in [0.1, 0.15) is 0 Å². The maximum Gasteiger partial charge on any atom is 0.303 e. The van der Waals surface area contributed by atoms with Crippen molar-refractivity contribution in [2.24, 2.45) is 10.2 Å². The van der Waals surface area contributed by atoms with Gasteiger partial charge in [-0.3, -0.25) is 25.2 Å². The SMILES string of the molecule is O=[N+]([O-])c1ccc(N=NCc2ccncc2)c([N+](=O)[O-])c1. The molecule has 0 fully saturated rings. The number of hydrogen-bond donors (Lipinski definition) is 0. The highest BCUT2D eigenvalue weighted by Gasteiger charge is 2.19. The Labute approximate surface area is 118 Å². The van der Waals surface area contributed by atoms with Crippen LogP contribution in [0, 0.1) is 20.2 Å². The second-order valence-corrected chi connectivity index (χ2v) is 3.94. The smallest absolute Gasteiger partial charge is 0.265 e. The summed E-state index contributed by atoms with van der Waals surface area (Å²) in [4.78, 5) is 23.9. The maximum atomic E-state index is 10.9. The van der Waals surface area contributed by atoms with Gasteiger partial charge in [0.25, 0.3) is 5.69 Å². The summed E-state index contributed by atoms with van der Waals surface area (Å²) in [7, 11) is 0. The Bertz CT molecular complexity index is 702. The zero-order valence-corrected chi connectivity index (χ0v) is 10.6. The lowest BCUT2D eigenvalue weighted by Gasteiger charge is -1.97. The monoisotopic (exact) mass is 287 g/mol. The predicted molar refractivity (Wildman–Crippen MR) is 72.2 cm³/mol. The van der Waals surface area contributed by atoms with Crippen molar-refractivity contribution >= 4 is 17.1 Å². The first-order valence-electron chi connectivity index (χ1n) is 5.77. The lowest BCUT2D eigenvalue weighted by Crippen LogP contribution is -1.92. The van der Waals surface area contributed by atoms with Crippen LogP contribution in [0.3, 0.4) is 0 Å². The van der Waals surface area contributed by atoms with E-state index in [-0.39, 0.29) is 17.9 Å². The molecule has 21 heavy (non-hydrogen) atoms. The van der Waals surface area contributed by atoms with Crippen LogP contribution in [-0.2, 0) is 6.54 Å². The van der Waals surface area contributed by atoms with Crippen LogP contribution in [0.1, 0.15) is 5.56 Å². The molecule has 0 aliphatic carbocycles. The van der Waals surface area contributed by atoms with E-state index in [1.165, 1.54) is 6.07 Å². The van der Waals surface area contributed by atoms with Crippen LogP contribution in [0.2, 0.25) is 0 Å². The fraction of sp³-hybridized carbons (Fsp3) is 0.0833.